The van der Waals surface area contributed by atoms with E-state index in [1.54, 1.807) is 24.5 Å². The SMILES string of the molecule is O=C(NCc1cccnc1)c1nc2c(o1)CN(C(=O)c1cccc(F)c1)C2. The van der Waals surface area contributed by atoms with E-state index < -0.39 is 11.7 Å². The summed E-state index contributed by atoms with van der Waals surface area (Å²) in [7, 11) is 0. The molecule has 0 atom stereocenters. The number of aromatic nitrogens is 2. The second kappa shape index (κ2) is 6.99. The summed E-state index contributed by atoms with van der Waals surface area (Å²) in [6, 6.07) is 9.13. The van der Waals surface area contributed by atoms with Crippen LogP contribution in [0.2, 0.25) is 0 Å². The normalized spacial score (nSPS) is 12.7. The average Bonchev–Trinajstić information content (AvgIpc) is 3.25. The predicted molar refractivity (Wildman–Crippen MR) is 91.9 cm³/mol. The van der Waals surface area contributed by atoms with Crippen LogP contribution in [0.25, 0.3) is 0 Å². The highest BCUT2D eigenvalue weighted by Gasteiger charge is 2.30. The molecule has 1 aliphatic heterocycles. The van der Waals surface area contributed by atoms with Crippen molar-refractivity contribution in [1.82, 2.24) is 20.2 Å². The third-order valence-electron chi connectivity index (χ3n) is 4.18. The van der Waals surface area contributed by atoms with E-state index in [2.05, 4.69) is 15.3 Å². The number of hydrogen-bond donors (Lipinski definition) is 1. The minimum atomic E-state index is -0.470. The third kappa shape index (κ3) is 3.55. The molecule has 0 aliphatic carbocycles. The molecule has 2 amide bonds. The Morgan fingerprint density at radius 3 is 2.85 bits per heavy atom. The third-order valence-corrected chi connectivity index (χ3v) is 4.18. The molecular weight excluding hydrogens is 351 g/mol. The van der Waals surface area contributed by atoms with Gasteiger partial charge in [0.05, 0.1) is 13.1 Å². The zero-order valence-electron chi connectivity index (χ0n) is 14.2. The van der Waals surface area contributed by atoms with E-state index in [0.29, 0.717) is 18.0 Å². The van der Waals surface area contributed by atoms with Gasteiger partial charge in [-0.25, -0.2) is 9.37 Å². The average molecular weight is 366 g/mol. The number of amides is 2. The van der Waals surface area contributed by atoms with Crippen LogP contribution in [0.15, 0.2) is 53.2 Å². The van der Waals surface area contributed by atoms with Crippen molar-refractivity contribution in [3.8, 4) is 0 Å². The zero-order chi connectivity index (χ0) is 18.8. The Bertz CT molecular complexity index is 980. The highest BCUT2D eigenvalue weighted by atomic mass is 19.1. The van der Waals surface area contributed by atoms with E-state index in [1.165, 1.54) is 23.1 Å². The van der Waals surface area contributed by atoms with Gasteiger partial charge in [-0.15, -0.1) is 0 Å². The van der Waals surface area contributed by atoms with Crippen LogP contribution in [0.4, 0.5) is 4.39 Å². The summed E-state index contributed by atoms with van der Waals surface area (Å²) < 4.78 is 18.8. The maximum absolute atomic E-state index is 13.3. The van der Waals surface area contributed by atoms with Crippen molar-refractivity contribution in [3.05, 3.63) is 83.1 Å². The van der Waals surface area contributed by atoms with Crippen LogP contribution in [-0.4, -0.2) is 26.7 Å². The van der Waals surface area contributed by atoms with E-state index >= 15 is 0 Å². The zero-order valence-corrected chi connectivity index (χ0v) is 14.2. The molecule has 2 aromatic heterocycles. The Balaban J connectivity index is 1.40. The van der Waals surface area contributed by atoms with Crippen LogP contribution in [0, 0.1) is 5.82 Å². The number of nitrogens with one attached hydrogen (secondary N) is 1. The van der Waals surface area contributed by atoms with Crippen molar-refractivity contribution in [1.29, 1.82) is 0 Å². The Labute approximate surface area is 153 Å². The van der Waals surface area contributed by atoms with Gasteiger partial charge in [0.25, 0.3) is 11.8 Å². The Kier molecular flexibility index (Phi) is 4.37. The first-order valence-corrected chi connectivity index (χ1v) is 8.30. The number of carbonyl (C=O) groups excluding carboxylic acids is 2. The first-order valence-electron chi connectivity index (χ1n) is 8.30. The van der Waals surface area contributed by atoms with Crippen molar-refractivity contribution < 1.29 is 18.4 Å². The molecule has 0 unspecified atom stereocenters. The standard InChI is InChI=1S/C19H15FN4O3/c20-14-5-1-4-13(7-14)19(26)24-10-15-16(11-24)27-18(23-15)17(25)22-9-12-3-2-6-21-8-12/h1-8H,9-11H2,(H,22,25). The van der Waals surface area contributed by atoms with Crippen LogP contribution in [0.5, 0.6) is 0 Å². The Morgan fingerprint density at radius 1 is 1.22 bits per heavy atom. The molecule has 1 aromatic carbocycles. The number of pyridine rings is 1. The maximum atomic E-state index is 13.3. The first kappa shape index (κ1) is 16.9. The molecule has 3 heterocycles. The molecule has 8 heteroatoms. The summed E-state index contributed by atoms with van der Waals surface area (Å²) in [5.74, 6) is -0.794. The molecule has 0 spiro atoms. The van der Waals surface area contributed by atoms with Gasteiger partial charge in [-0.05, 0) is 29.8 Å². The molecule has 3 aromatic rings. The fourth-order valence-electron chi connectivity index (χ4n) is 2.85. The van der Waals surface area contributed by atoms with E-state index in [-0.39, 0.29) is 30.5 Å². The van der Waals surface area contributed by atoms with E-state index in [4.69, 9.17) is 4.42 Å². The van der Waals surface area contributed by atoms with Crippen molar-refractivity contribution in [2.45, 2.75) is 19.6 Å². The summed E-state index contributed by atoms with van der Waals surface area (Å²) >= 11 is 0. The second-order valence-corrected chi connectivity index (χ2v) is 6.10. The van der Waals surface area contributed by atoms with Gasteiger partial charge in [-0.2, -0.15) is 0 Å². The molecule has 0 saturated heterocycles. The first-order chi connectivity index (χ1) is 13.1. The lowest BCUT2D eigenvalue weighted by molar-refractivity contribution is 0.0740. The maximum Gasteiger partial charge on any atom is 0.307 e. The number of carbonyl (C=O) groups is 2. The number of rotatable bonds is 4. The molecule has 136 valence electrons. The van der Waals surface area contributed by atoms with E-state index in [1.807, 2.05) is 6.07 Å². The van der Waals surface area contributed by atoms with Gasteiger partial charge in [0.15, 0.2) is 0 Å². The largest absolute Gasteiger partial charge is 0.435 e. The highest BCUT2D eigenvalue weighted by Crippen LogP contribution is 2.25. The van der Waals surface area contributed by atoms with Gasteiger partial charge in [0.1, 0.15) is 17.3 Å². The van der Waals surface area contributed by atoms with Crippen LogP contribution in [0.1, 0.15) is 38.1 Å². The van der Waals surface area contributed by atoms with Crippen LogP contribution in [-0.2, 0) is 19.6 Å². The summed E-state index contributed by atoms with van der Waals surface area (Å²) in [6.45, 7) is 0.710. The Morgan fingerprint density at radius 2 is 2.11 bits per heavy atom. The Hall–Kier alpha value is -3.55. The highest BCUT2D eigenvalue weighted by molar-refractivity contribution is 5.94. The summed E-state index contributed by atoms with van der Waals surface area (Å²) in [5.41, 5.74) is 1.65. The lowest BCUT2D eigenvalue weighted by atomic mass is 10.2. The molecule has 0 saturated carbocycles. The molecule has 1 aliphatic rings. The second-order valence-electron chi connectivity index (χ2n) is 6.10. The van der Waals surface area contributed by atoms with E-state index in [0.717, 1.165) is 5.56 Å². The molecule has 4 rings (SSSR count). The molecular formula is C19H15FN4O3. The van der Waals surface area contributed by atoms with Crippen LogP contribution >= 0.6 is 0 Å². The molecule has 27 heavy (non-hydrogen) atoms. The number of oxazole rings is 1. The number of nitrogens with zero attached hydrogens (tertiary/aromatic N) is 3. The smallest absolute Gasteiger partial charge is 0.307 e. The van der Waals surface area contributed by atoms with Crippen molar-refractivity contribution >= 4 is 11.8 Å². The molecule has 0 fully saturated rings. The molecule has 0 radical (unpaired) electrons. The van der Waals surface area contributed by atoms with Gasteiger partial charge >= 0.3 is 5.91 Å². The molecule has 7 nitrogen and oxygen atoms in total. The van der Waals surface area contributed by atoms with Gasteiger partial charge < -0.3 is 14.6 Å². The summed E-state index contributed by atoms with van der Waals surface area (Å²) in [6.07, 6.45) is 3.31. The fourth-order valence-corrected chi connectivity index (χ4v) is 2.85. The van der Waals surface area contributed by atoms with Gasteiger partial charge in [0, 0.05) is 24.5 Å². The molecule has 1 N–H and O–H groups in total. The number of hydrogen-bond acceptors (Lipinski definition) is 5. The van der Waals surface area contributed by atoms with Crippen LogP contribution < -0.4 is 5.32 Å². The minimum absolute atomic E-state index is 0.0401. The summed E-state index contributed by atoms with van der Waals surface area (Å²) in [4.78, 5) is 34.3. The minimum Gasteiger partial charge on any atom is -0.435 e. The predicted octanol–water partition coefficient (Wildman–Crippen LogP) is 2.29. The topological polar surface area (TPSA) is 88.3 Å². The van der Waals surface area contributed by atoms with Gasteiger partial charge in [-0.3, -0.25) is 14.6 Å². The van der Waals surface area contributed by atoms with Crippen LogP contribution in [0.3, 0.4) is 0 Å². The lowest BCUT2D eigenvalue weighted by Gasteiger charge is -2.15. The quantitative estimate of drug-likeness (QED) is 0.765. The fraction of sp³-hybridized carbons (Fsp3) is 0.158. The molecule has 0 bridgehead atoms. The van der Waals surface area contributed by atoms with Crippen molar-refractivity contribution in [2.24, 2.45) is 0 Å². The van der Waals surface area contributed by atoms with Gasteiger partial charge in [0.2, 0.25) is 0 Å². The van der Waals surface area contributed by atoms with Crippen molar-refractivity contribution in [3.63, 3.8) is 0 Å². The lowest BCUT2D eigenvalue weighted by Crippen LogP contribution is -2.26. The number of halogens is 1. The van der Waals surface area contributed by atoms with Crippen molar-refractivity contribution in [2.75, 3.05) is 0 Å². The monoisotopic (exact) mass is 366 g/mol. The van der Waals surface area contributed by atoms with Gasteiger partial charge in [-0.1, -0.05) is 12.1 Å². The van der Waals surface area contributed by atoms with E-state index in [9.17, 15) is 14.0 Å². The number of benzene rings is 1. The number of fused-ring (bicyclic) bond motifs is 1. The summed E-state index contributed by atoms with van der Waals surface area (Å²) in [5, 5.41) is 2.71.